The Hall–Kier alpha value is -3.35. The van der Waals surface area contributed by atoms with Crippen molar-refractivity contribution in [1.82, 2.24) is 10.2 Å². The van der Waals surface area contributed by atoms with Gasteiger partial charge in [-0.3, -0.25) is 19.3 Å². The topological polar surface area (TPSA) is 84.9 Å². The number of amides is 3. The summed E-state index contributed by atoms with van der Waals surface area (Å²) >= 11 is 0. The maximum absolute atomic E-state index is 12.4. The van der Waals surface area contributed by atoms with Crippen molar-refractivity contribution >= 4 is 17.7 Å². The van der Waals surface area contributed by atoms with Crippen LogP contribution < -0.4 is 14.8 Å². The molecule has 0 fully saturated rings. The van der Waals surface area contributed by atoms with Gasteiger partial charge in [0.15, 0.2) is 11.5 Å². The van der Waals surface area contributed by atoms with Crippen LogP contribution in [0.25, 0.3) is 0 Å². The van der Waals surface area contributed by atoms with E-state index in [1.165, 1.54) is 0 Å². The van der Waals surface area contributed by atoms with E-state index in [1.54, 1.807) is 24.3 Å². The second-order valence-electron chi connectivity index (χ2n) is 7.79. The molecule has 29 heavy (non-hydrogen) atoms. The molecule has 7 nitrogen and oxygen atoms in total. The fourth-order valence-electron chi connectivity index (χ4n) is 3.48. The second-order valence-corrected chi connectivity index (χ2v) is 7.79. The summed E-state index contributed by atoms with van der Waals surface area (Å²) in [6, 6.07) is 12.4. The molecular formula is C22H22N2O5. The maximum Gasteiger partial charge on any atom is 0.261 e. The van der Waals surface area contributed by atoms with Gasteiger partial charge < -0.3 is 14.8 Å². The number of fused-ring (bicyclic) bond motifs is 2. The summed E-state index contributed by atoms with van der Waals surface area (Å²) < 4.78 is 10.8. The quantitative estimate of drug-likeness (QED) is 0.761. The van der Waals surface area contributed by atoms with Crippen molar-refractivity contribution in [3.63, 3.8) is 0 Å². The van der Waals surface area contributed by atoms with E-state index in [0.29, 0.717) is 23.4 Å². The average Bonchev–Trinajstić information content (AvgIpc) is 3.28. The average molecular weight is 394 g/mol. The highest BCUT2D eigenvalue weighted by atomic mass is 16.7. The van der Waals surface area contributed by atoms with Crippen LogP contribution in [-0.4, -0.2) is 42.5 Å². The van der Waals surface area contributed by atoms with Crippen LogP contribution in [0.3, 0.4) is 0 Å². The summed E-state index contributed by atoms with van der Waals surface area (Å²) in [5.41, 5.74) is 1.47. The molecule has 2 aromatic rings. The molecule has 0 saturated heterocycles. The summed E-state index contributed by atoms with van der Waals surface area (Å²) in [5, 5.41) is 2.90. The third kappa shape index (κ3) is 3.55. The maximum atomic E-state index is 12.4. The zero-order chi connectivity index (χ0) is 20.6. The molecule has 2 aromatic carbocycles. The predicted molar refractivity (Wildman–Crippen MR) is 105 cm³/mol. The van der Waals surface area contributed by atoms with Crippen molar-refractivity contribution in [1.29, 1.82) is 0 Å². The smallest absolute Gasteiger partial charge is 0.261 e. The van der Waals surface area contributed by atoms with Crippen LogP contribution in [0.15, 0.2) is 42.5 Å². The van der Waals surface area contributed by atoms with Gasteiger partial charge in [0.25, 0.3) is 11.8 Å². The zero-order valence-electron chi connectivity index (χ0n) is 16.4. The molecule has 0 saturated carbocycles. The number of nitrogens with one attached hydrogen (secondary N) is 1. The Morgan fingerprint density at radius 1 is 1.03 bits per heavy atom. The van der Waals surface area contributed by atoms with Gasteiger partial charge in [0.2, 0.25) is 12.7 Å². The van der Waals surface area contributed by atoms with E-state index in [4.69, 9.17) is 9.47 Å². The van der Waals surface area contributed by atoms with E-state index in [2.05, 4.69) is 5.32 Å². The molecule has 2 heterocycles. The highest BCUT2D eigenvalue weighted by Crippen LogP contribution is 2.36. The minimum atomic E-state index is -0.348. The third-order valence-electron chi connectivity index (χ3n) is 5.32. The molecule has 2 aliphatic rings. The SMILES string of the molecule is CC(C)(CNC(=O)CCN1C(=O)c2ccccc2C1=O)c1ccc2c(c1)OCO2. The first-order valence-corrected chi connectivity index (χ1v) is 9.49. The van der Waals surface area contributed by atoms with E-state index in [0.717, 1.165) is 16.2 Å². The van der Waals surface area contributed by atoms with Crippen LogP contribution in [0.2, 0.25) is 0 Å². The Kier molecular flexibility index (Phi) is 4.74. The number of carbonyl (C=O) groups is 3. The second kappa shape index (κ2) is 7.24. The van der Waals surface area contributed by atoms with Crippen molar-refractivity contribution in [2.24, 2.45) is 0 Å². The lowest BCUT2D eigenvalue weighted by molar-refractivity contribution is -0.121. The number of rotatable bonds is 6. The van der Waals surface area contributed by atoms with Crippen LogP contribution in [-0.2, 0) is 10.2 Å². The van der Waals surface area contributed by atoms with E-state index >= 15 is 0 Å². The van der Waals surface area contributed by atoms with Gasteiger partial charge in [0.05, 0.1) is 11.1 Å². The van der Waals surface area contributed by atoms with Crippen molar-refractivity contribution in [2.45, 2.75) is 25.7 Å². The van der Waals surface area contributed by atoms with Gasteiger partial charge in [-0.05, 0) is 29.8 Å². The lowest BCUT2D eigenvalue weighted by Crippen LogP contribution is -2.39. The summed E-state index contributed by atoms with van der Waals surface area (Å²) in [5.74, 6) is 0.510. The number of carbonyl (C=O) groups excluding carboxylic acids is 3. The van der Waals surface area contributed by atoms with Gasteiger partial charge in [-0.15, -0.1) is 0 Å². The van der Waals surface area contributed by atoms with Crippen molar-refractivity contribution in [3.8, 4) is 11.5 Å². The molecule has 0 bridgehead atoms. The van der Waals surface area contributed by atoms with Gasteiger partial charge in [-0.25, -0.2) is 0 Å². The van der Waals surface area contributed by atoms with E-state index < -0.39 is 0 Å². The van der Waals surface area contributed by atoms with Gasteiger partial charge >= 0.3 is 0 Å². The molecule has 4 rings (SSSR count). The molecule has 0 spiro atoms. The Balaban J connectivity index is 1.32. The van der Waals surface area contributed by atoms with E-state index in [1.807, 2.05) is 32.0 Å². The standard InChI is InChI=1S/C22H22N2O5/c1-22(2,14-7-8-17-18(11-14)29-13-28-17)12-23-19(25)9-10-24-20(26)15-5-3-4-6-16(15)21(24)27/h3-8,11H,9-10,12-13H2,1-2H3,(H,23,25). The van der Waals surface area contributed by atoms with Gasteiger partial charge in [0, 0.05) is 24.9 Å². The Morgan fingerprint density at radius 2 is 1.69 bits per heavy atom. The normalized spacial score (nSPS) is 14.9. The number of benzene rings is 2. The molecule has 0 radical (unpaired) electrons. The van der Waals surface area contributed by atoms with Crippen LogP contribution >= 0.6 is 0 Å². The van der Waals surface area contributed by atoms with Gasteiger partial charge in [-0.2, -0.15) is 0 Å². The molecule has 0 aromatic heterocycles. The Labute approximate surface area is 168 Å². The summed E-state index contributed by atoms with van der Waals surface area (Å²) in [4.78, 5) is 38.2. The molecule has 0 atom stereocenters. The monoisotopic (exact) mass is 394 g/mol. The molecule has 0 aliphatic carbocycles. The molecule has 3 amide bonds. The fraction of sp³-hybridized carbons (Fsp3) is 0.318. The van der Waals surface area contributed by atoms with Crippen molar-refractivity contribution < 1.29 is 23.9 Å². The number of hydrogen-bond donors (Lipinski definition) is 1. The Bertz CT molecular complexity index is 963. The third-order valence-corrected chi connectivity index (χ3v) is 5.32. The van der Waals surface area contributed by atoms with Crippen LogP contribution in [0.5, 0.6) is 11.5 Å². The molecule has 2 aliphatic heterocycles. The van der Waals surface area contributed by atoms with Crippen molar-refractivity contribution in [3.05, 3.63) is 59.2 Å². The van der Waals surface area contributed by atoms with Crippen LogP contribution in [0, 0.1) is 0 Å². The summed E-state index contributed by atoms with van der Waals surface area (Å²) in [7, 11) is 0. The zero-order valence-corrected chi connectivity index (χ0v) is 16.4. The largest absolute Gasteiger partial charge is 0.454 e. The molecular weight excluding hydrogens is 372 g/mol. The number of imide groups is 1. The summed E-state index contributed by atoms with van der Waals surface area (Å²) in [6.07, 6.45) is 0.0582. The van der Waals surface area contributed by atoms with Crippen molar-refractivity contribution in [2.75, 3.05) is 19.9 Å². The fourth-order valence-corrected chi connectivity index (χ4v) is 3.48. The number of nitrogens with zero attached hydrogens (tertiary/aromatic N) is 1. The lowest BCUT2D eigenvalue weighted by atomic mass is 9.84. The first-order valence-electron chi connectivity index (χ1n) is 9.49. The highest BCUT2D eigenvalue weighted by Gasteiger charge is 2.35. The van der Waals surface area contributed by atoms with E-state index in [9.17, 15) is 14.4 Å². The van der Waals surface area contributed by atoms with Crippen LogP contribution in [0.4, 0.5) is 0 Å². The lowest BCUT2D eigenvalue weighted by Gasteiger charge is -2.26. The molecule has 1 N–H and O–H groups in total. The molecule has 0 unspecified atom stereocenters. The Morgan fingerprint density at radius 3 is 2.38 bits per heavy atom. The first kappa shape index (κ1) is 19.0. The van der Waals surface area contributed by atoms with Crippen LogP contribution in [0.1, 0.15) is 46.5 Å². The molecule has 7 heteroatoms. The predicted octanol–water partition coefficient (Wildman–Crippen LogP) is 2.50. The number of ether oxygens (including phenoxy) is 2. The number of hydrogen-bond acceptors (Lipinski definition) is 5. The van der Waals surface area contributed by atoms with Gasteiger partial charge in [0.1, 0.15) is 0 Å². The minimum absolute atomic E-state index is 0.0582. The highest BCUT2D eigenvalue weighted by molar-refractivity contribution is 6.21. The van der Waals surface area contributed by atoms with E-state index in [-0.39, 0.29) is 42.9 Å². The summed E-state index contributed by atoms with van der Waals surface area (Å²) in [6.45, 7) is 4.73. The minimum Gasteiger partial charge on any atom is -0.454 e. The molecule has 150 valence electrons. The first-order chi connectivity index (χ1) is 13.9. The van der Waals surface area contributed by atoms with Gasteiger partial charge in [-0.1, -0.05) is 32.0 Å².